The molecule has 1 N–H and O–H groups in total. The van der Waals surface area contributed by atoms with E-state index in [1.807, 2.05) is 72.7 Å². The first-order valence-electron chi connectivity index (χ1n) is 8.61. The van der Waals surface area contributed by atoms with Crippen molar-refractivity contribution in [2.24, 2.45) is 0 Å². The van der Waals surface area contributed by atoms with Gasteiger partial charge in [-0.05, 0) is 54.5 Å². The number of carbonyl (C=O) groups is 1. The lowest BCUT2D eigenvalue weighted by atomic mass is 9.81. The molecular weight excluding hydrogens is 317 g/mol. The van der Waals surface area contributed by atoms with Crippen molar-refractivity contribution >= 4 is 29.6 Å². The first kappa shape index (κ1) is 18.0. The SMILES string of the molecule is CC(C)(C)OC(=O)c1c(B2OC(C)(C)C(C)(C)O2)[nH]c2ccccc12. The Kier molecular flexibility index (Phi) is 4.04. The molecule has 6 heteroatoms. The lowest BCUT2D eigenvalue weighted by Gasteiger charge is -2.32. The predicted octanol–water partition coefficient (Wildman–Crippen LogP) is 3.42. The van der Waals surface area contributed by atoms with E-state index in [2.05, 4.69) is 4.98 Å². The summed E-state index contributed by atoms with van der Waals surface area (Å²) in [4.78, 5) is 16.2. The number of hydrogen-bond donors (Lipinski definition) is 1. The summed E-state index contributed by atoms with van der Waals surface area (Å²) < 4.78 is 17.9. The second-order valence-corrected chi connectivity index (χ2v) is 8.55. The molecule has 2 aromatic rings. The van der Waals surface area contributed by atoms with Gasteiger partial charge >= 0.3 is 13.1 Å². The van der Waals surface area contributed by atoms with Crippen LogP contribution in [0.1, 0.15) is 58.8 Å². The normalized spacial score (nSPS) is 19.4. The van der Waals surface area contributed by atoms with Gasteiger partial charge in [-0.25, -0.2) is 4.79 Å². The van der Waals surface area contributed by atoms with Gasteiger partial charge in [-0.3, -0.25) is 0 Å². The van der Waals surface area contributed by atoms with Crippen molar-refractivity contribution in [3.63, 3.8) is 0 Å². The minimum Gasteiger partial charge on any atom is -0.456 e. The molecule has 134 valence electrons. The molecule has 5 nitrogen and oxygen atoms in total. The van der Waals surface area contributed by atoms with Crippen LogP contribution < -0.4 is 5.59 Å². The van der Waals surface area contributed by atoms with Crippen LogP contribution in [0.4, 0.5) is 0 Å². The molecule has 0 radical (unpaired) electrons. The Balaban J connectivity index is 2.10. The van der Waals surface area contributed by atoms with Gasteiger partial charge in [0.25, 0.3) is 0 Å². The van der Waals surface area contributed by atoms with Crippen LogP contribution in [-0.2, 0) is 14.0 Å². The molecule has 0 amide bonds. The highest BCUT2D eigenvalue weighted by atomic mass is 16.7. The number of aromatic nitrogens is 1. The maximum Gasteiger partial charge on any atom is 0.513 e. The molecule has 3 rings (SSSR count). The van der Waals surface area contributed by atoms with E-state index >= 15 is 0 Å². The Morgan fingerprint density at radius 1 is 1.08 bits per heavy atom. The molecule has 1 aromatic heterocycles. The fraction of sp³-hybridized carbons (Fsp3) is 0.526. The highest BCUT2D eigenvalue weighted by molar-refractivity contribution is 6.63. The van der Waals surface area contributed by atoms with Crippen LogP contribution in [0, 0.1) is 0 Å². The second-order valence-electron chi connectivity index (χ2n) is 8.55. The van der Waals surface area contributed by atoms with Crippen LogP contribution in [0.3, 0.4) is 0 Å². The molecule has 0 spiro atoms. The van der Waals surface area contributed by atoms with Crippen molar-refractivity contribution in [2.75, 3.05) is 0 Å². The van der Waals surface area contributed by atoms with Gasteiger partial charge in [0, 0.05) is 10.9 Å². The van der Waals surface area contributed by atoms with E-state index in [0.29, 0.717) is 11.2 Å². The van der Waals surface area contributed by atoms with Crippen molar-refractivity contribution in [1.82, 2.24) is 4.98 Å². The van der Waals surface area contributed by atoms with Crippen molar-refractivity contribution in [3.8, 4) is 0 Å². The number of rotatable bonds is 2. The third kappa shape index (κ3) is 3.21. The van der Waals surface area contributed by atoms with Crippen molar-refractivity contribution < 1.29 is 18.8 Å². The summed E-state index contributed by atoms with van der Waals surface area (Å²) in [6, 6.07) is 7.65. The minimum atomic E-state index is -0.653. The van der Waals surface area contributed by atoms with Crippen LogP contribution in [0.5, 0.6) is 0 Å². The number of hydrogen-bond acceptors (Lipinski definition) is 4. The lowest BCUT2D eigenvalue weighted by Crippen LogP contribution is -2.41. The number of benzene rings is 1. The number of H-pyrrole nitrogens is 1. The highest BCUT2D eigenvalue weighted by Crippen LogP contribution is 2.37. The first-order valence-corrected chi connectivity index (χ1v) is 8.61. The fourth-order valence-corrected chi connectivity index (χ4v) is 2.85. The van der Waals surface area contributed by atoms with Gasteiger partial charge in [-0.2, -0.15) is 0 Å². The monoisotopic (exact) mass is 343 g/mol. The summed E-state index contributed by atoms with van der Waals surface area (Å²) in [5.74, 6) is -0.380. The number of ether oxygens (including phenoxy) is 1. The average Bonchev–Trinajstić information content (AvgIpc) is 2.92. The first-order chi connectivity index (χ1) is 11.4. The number of fused-ring (bicyclic) bond motifs is 1. The summed E-state index contributed by atoms with van der Waals surface area (Å²) in [5, 5.41) is 0.807. The van der Waals surface area contributed by atoms with E-state index in [4.69, 9.17) is 14.0 Å². The van der Waals surface area contributed by atoms with Crippen LogP contribution >= 0.6 is 0 Å². The maximum absolute atomic E-state index is 12.9. The molecule has 1 aromatic carbocycles. The molecular formula is C19H26BNO4. The van der Waals surface area contributed by atoms with Crippen LogP contribution in [0.15, 0.2) is 24.3 Å². The number of para-hydroxylation sites is 1. The lowest BCUT2D eigenvalue weighted by molar-refractivity contribution is 0.00578. The third-order valence-corrected chi connectivity index (χ3v) is 4.83. The minimum absolute atomic E-state index is 0.380. The Morgan fingerprint density at radius 2 is 1.64 bits per heavy atom. The zero-order valence-electron chi connectivity index (χ0n) is 16.0. The van der Waals surface area contributed by atoms with Crippen LogP contribution in [0.25, 0.3) is 10.9 Å². The van der Waals surface area contributed by atoms with Gasteiger partial charge in [0.2, 0.25) is 0 Å². The molecule has 0 aliphatic carbocycles. The van der Waals surface area contributed by atoms with Gasteiger partial charge in [0.05, 0.1) is 22.4 Å². The number of esters is 1. The van der Waals surface area contributed by atoms with Crippen LogP contribution in [0.2, 0.25) is 0 Å². The van der Waals surface area contributed by atoms with E-state index in [1.165, 1.54) is 0 Å². The summed E-state index contributed by atoms with van der Waals surface area (Å²) in [6.07, 6.45) is 0. The molecule has 25 heavy (non-hydrogen) atoms. The second kappa shape index (κ2) is 5.61. The van der Waals surface area contributed by atoms with Gasteiger partial charge in [-0.15, -0.1) is 0 Å². The number of carbonyl (C=O) groups excluding carboxylic acids is 1. The summed E-state index contributed by atoms with van der Waals surface area (Å²) in [5.41, 5.74) is 0.384. The van der Waals surface area contributed by atoms with Gasteiger partial charge in [0.1, 0.15) is 5.60 Å². The molecule has 1 saturated heterocycles. The third-order valence-electron chi connectivity index (χ3n) is 4.83. The quantitative estimate of drug-likeness (QED) is 0.670. The molecule has 1 fully saturated rings. The smallest absolute Gasteiger partial charge is 0.456 e. The van der Waals surface area contributed by atoms with Crippen molar-refractivity contribution in [3.05, 3.63) is 29.8 Å². The average molecular weight is 343 g/mol. The highest BCUT2D eigenvalue weighted by Gasteiger charge is 2.53. The molecule has 1 aliphatic rings. The van der Waals surface area contributed by atoms with Crippen molar-refractivity contribution in [1.29, 1.82) is 0 Å². The summed E-state index contributed by atoms with van der Waals surface area (Å²) in [6.45, 7) is 13.5. The molecule has 0 saturated carbocycles. The molecule has 0 bridgehead atoms. The molecule has 0 unspecified atom stereocenters. The fourth-order valence-electron chi connectivity index (χ4n) is 2.85. The number of nitrogens with one attached hydrogen (secondary N) is 1. The Hall–Kier alpha value is -1.79. The van der Waals surface area contributed by atoms with Gasteiger partial charge in [0.15, 0.2) is 0 Å². The zero-order chi connectivity index (χ0) is 18.6. The molecule has 2 heterocycles. The van der Waals surface area contributed by atoms with E-state index in [-0.39, 0.29) is 5.97 Å². The van der Waals surface area contributed by atoms with Gasteiger partial charge in [-0.1, -0.05) is 18.2 Å². The largest absolute Gasteiger partial charge is 0.513 e. The predicted molar refractivity (Wildman–Crippen MR) is 99.2 cm³/mol. The van der Waals surface area contributed by atoms with Crippen LogP contribution in [-0.4, -0.2) is 34.9 Å². The summed E-state index contributed by atoms with van der Waals surface area (Å²) >= 11 is 0. The maximum atomic E-state index is 12.9. The molecule has 0 atom stereocenters. The molecule has 1 aliphatic heterocycles. The Morgan fingerprint density at radius 3 is 2.20 bits per heavy atom. The zero-order valence-corrected chi connectivity index (χ0v) is 16.0. The van der Waals surface area contributed by atoms with Crippen molar-refractivity contribution in [2.45, 2.75) is 65.3 Å². The summed E-state index contributed by atoms with van der Waals surface area (Å²) in [7, 11) is -0.653. The Bertz CT molecular complexity index is 800. The van der Waals surface area contributed by atoms with E-state index < -0.39 is 23.9 Å². The van der Waals surface area contributed by atoms with E-state index in [1.54, 1.807) is 0 Å². The Labute approximate surface area is 149 Å². The standard InChI is InChI=1S/C19H26BNO4/c1-17(2,3)23-16(22)14-12-10-8-9-11-13(12)21-15(14)20-24-18(4,5)19(6,7)25-20/h8-11,21H,1-7H3. The topological polar surface area (TPSA) is 60.6 Å². The number of aromatic amines is 1. The van der Waals surface area contributed by atoms with E-state index in [0.717, 1.165) is 10.9 Å². The van der Waals surface area contributed by atoms with Gasteiger partial charge < -0.3 is 19.0 Å². The van der Waals surface area contributed by atoms with E-state index in [9.17, 15) is 4.79 Å².